The molecule has 1 unspecified atom stereocenters. The van der Waals surface area contributed by atoms with Crippen LogP contribution in [0.25, 0.3) is 0 Å². The van der Waals surface area contributed by atoms with E-state index >= 15 is 0 Å². The number of piperidine rings is 1. The summed E-state index contributed by atoms with van der Waals surface area (Å²) in [6.45, 7) is 5.54. The maximum absolute atomic E-state index is 12.6. The second-order valence-corrected chi connectivity index (χ2v) is 6.39. The molecule has 124 valence electrons. The first-order valence-electron chi connectivity index (χ1n) is 8.25. The lowest BCUT2D eigenvalue weighted by Gasteiger charge is -2.32. The largest absolute Gasteiger partial charge is 0.468 e. The number of hydrogen-bond acceptors (Lipinski definition) is 4. The minimum atomic E-state index is 0.190. The molecule has 3 heterocycles. The Morgan fingerprint density at radius 3 is 2.39 bits per heavy atom. The van der Waals surface area contributed by atoms with E-state index < -0.39 is 0 Å². The fourth-order valence-corrected chi connectivity index (χ4v) is 3.12. The molecule has 0 spiro atoms. The van der Waals surface area contributed by atoms with E-state index in [0.29, 0.717) is 25.6 Å². The fourth-order valence-electron chi connectivity index (χ4n) is 3.12. The van der Waals surface area contributed by atoms with E-state index in [1.54, 1.807) is 12.5 Å². The van der Waals surface area contributed by atoms with E-state index in [2.05, 4.69) is 11.8 Å². The Hall–Kier alpha value is -2.01. The van der Waals surface area contributed by atoms with Crippen molar-refractivity contribution < 1.29 is 13.6 Å². The summed E-state index contributed by atoms with van der Waals surface area (Å²) < 4.78 is 10.9. The Balaban J connectivity index is 1.63. The van der Waals surface area contributed by atoms with Crippen molar-refractivity contribution >= 4 is 5.91 Å². The average molecular weight is 316 g/mol. The lowest BCUT2D eigenvalue weighted by Crippen LogP contribution is -2.44. The molecule has 0 aromatic carbocycles. The van der Waals surface area contributed by atoms with Gasteiger partial charge in [0.25, 0.3) is 0 Å². The van der Waals surface area contributed by atoms with Gasteiger partial charge < -0.3 is 13.7 Å². The zero-order valence-corrected chi connectivity index (χ0v) is 13.6. The SMILES string of the molecule is CC1CCCN(C(=O)CN(Cc2ccco2)Cc2ccco2)C1. The molecule has 3 rings (SSSR count). The summed E-state index contributed by atoms with van der Waals surface area (Å²) in [6, 6.07) is 7.61. The average Bonchev–Trinajstić information content (AvgIpc) is 3.21. The van der Waals surface area contributed by atoms with E-state index in [1.165, 1.54) is 6.42 Å². The highest BCUT2D eigenvalue weighted by Crippen LogP contribution is 2.17. The van der Waals surface area contributed by atoms with Gasteiger partial charge in [-0.1, -0.05) is 6.92 Å². The molecule has 23 heavy (non-hydrogen) atoms. The molecule has 1 amide bonds. The number of hydrogen-bond donors (Lipinski definition) is 0. The van der Waals surface area contributed by atoms with Crippen LogP contribution in [0.2, 0.25) is 0 Å². The third kappa shape index (κ3) is 4.48. The number of likely N-dealkylation sites (tertiary alicyclic amines) is 1. The lowest BCUT2D eigenvalue weighted by molar-refractivity contribution is -0.134. The van der Waals surface area contributed by atoms with E-state index in [1.807, 2.05) is 29.2 Å². The third-order valence-electron chi connectivity index (χ3n) is 4.29. The van der Waals surface area contributed by atoms with Crippen molar-refractivity contribution in [3.05, 3.63) is 48.3 Å². The Labute approximate surface area is 136 Å². The predicted molar refractivity (Wildman–Crippen MR) is 86.5 cm³/mol. The molecule has 0 bridgehead atoms. The van der Waals surface area contributed by atoms with Gasteiger partial charge in [-0.3, -0.25) is 9.69 Å². The molecular formula is C18H24N2O3. The first-order valence-corrected chi connectivity index (χ1v) is 8.25. The van der Waals surface area contributed by atoms with Crippen LogP contribution in [0.5, 0.6) is 0 Å². The number of rotatable bonds is 6. The Morgan fingerprint density at radius 2 is 1.87 bits per heavy atom. The highest BCUT2D eigenvalue weighted by atomic mass is 16.3. The summed E-state index contributed by atoms with van der Waals surface area (Å²) in [4.78, 5) is 16.7. The van der Waals surface area contributed by atoms with Gasteiger partial charge in [-0.25, -0.2) is 0 Å². The van der Waals surface area contributed by atoms with Gasteiger partial charge in [-0.05, 0) is 43.0 Å². The molecular weight excluding hydrogens is 292 g/mol. The van der Waals surface area contributed by atoms with Crippen LogP contribution >= 0.6 is 0 Å². The van der Waals surface area contributed by atoms with Crippen LogP contribution in [-0.4, -0.2) is 35.3 Å². The van der Waals surface area contributed by atoms with Crippen molar-refractivity contribution in [2.45, 2.75) is 32.9 Å². The third-order valence-corrected chi connectivity index (χ3v) is 4.29. The van der Waals surface area contributed by atoms with Crippen molar-refractivity contribution in [3.8, 4) is 0 Å². The Kier molecular flexibility index (Phi) is 5.18. The van der Waals surface area contributed by atoms with Crippen LogP contribution in [0.1, 0.15) is 31.3 Å². The monoisotopic (exact) mass is 316 g/mol. The Morgan fingerprint density at radius 1 is 1.22 bits per heavy atom. The van der Waals surface area contributed by atoms with E-state index in [9.17, 15) is 4.79 Å². The molecule has 0 N–H and O–H groups in total. The molecule has 1 aliphatic heterocycles. The summed E-state index contributed by atoms with van der Waals surface area (Å²) in [6.07, 6.45) is 5.64. The molecule has 1 saturated heterocycles. The summed E-state index contributed by atoms with van der Waals surface area (Å²) >= 11 is 0. The molecule has 1 atom stereocenters. The number of amides is 1. The van der Waals surface area contributed by atoms with E-state index in [0.717, 1.165) is 31.0 Å². The van der Waals surface area contributed by atoms with Gasteiger partial charge in [-0.15, -0.1) is 0 Å². The summed E-state index contributed by atoms with van der Waals surface area (Å²) in [5.74, 6) is 2.50. The number of nitrogens with zero attached hydrogens (tertiary/aromatic N) is 2. The van der Waals surface area contributed by atoms with Crippen LogP contribution in [0.15, 0.2) is 45.6 Å². The molecule has 1 aliphatic rings. The summed E-state index contributed by atoms with van der Waals surface area (Å²) in [5.41, 5.74) is 0. The van der Waals surface area contributed by atoms with Crippen LogP contribution in [-0.2, 0) is 17.9 Å². The molecule has 0 aliphatic carbocycles. The zero-order chi connectivity index (χ0) is 16.1. The van der Waals surface area contributed by atoms with E-state index in [4.69, 9.17) is 8.83 Å². The van der Waals surface area contributed by atoms with Crippen molar-refractivity contribution in [1.82, 2.24) is 9.80 Å². The van der Waals surface area contributed by atoms with Gasteiger partial charge in [0.2, 0.25) is 5.91 Å². The first-order chi connectivity index (χ1) is 11.2. The van der Waals surface area contributed by atoms with Crippen LogP contribution < -0.4 is 0 Å². The topological polar surface area (TPSA) is 49.8 Å². The van der Waals surface area contributed by atoms with Crippen LogP contribution in [0.3, 0.4) is 0 Å². The molecule has 5 heteroatoms. The zero-order valence-electron chi connectivity index (χ0n) is 13.6. The van der Waals surface area contributed by atoms with Crippen LogP contribution in [0.4, 0.5) is 0 Å². The smallest absolute Gasteiger partial charge is 0.236 e. The second-order valence-electron chi connectivity index (χ2n) is 6.39. The second kappa shape index (κ2) is 7.51. The quantitative estimate of drug-likeness (QED) is 0.821. The van der Waals surface area contributed by atoms with Gasteiger partial charge in [0.1, 0.15) is 11.5 Å². The minimum absolute atomic E-state index is 0.190. The van der Waals surface area contributed by atoms with Gasteiger partial charge in [0.05, 0.1) is 32.2 Å². The summed E-state index contributed by atoms with van der Waals surface area (Å²) in [7, 11) is 0. The molecule has 0 saturated carbocycles. The van der Waals surface area contributed by atoms with Crippen molar-refractivity contribution in [2.24, 2.45) is 5.92 Å². The highest BCUT2D eigenvalue weighted by molar-refractivity contribution is 5.78. The molecule has 2 aromatic rings. The summed E-state index contributed by atoms with van der Waals surface area (Å²) in [5, 5.41) is 0. The minimum Gasteiger partial charge on any atom is -0.468 e. The Bertz CT molecular complexity index is 556. The standard InChI is InChI=1S/C18H24N2O3/c1-15-5-2-8-20(11-15)18(21)14-19(12-16-6-3-9-22-16)13-17-7-4-10-23-17/h3-4,6-7,9-10,15H,2,5,8,11-14H2,1H3. The molecule has 0 radical (unpaired) electrons. The van der Waals surface area contributed by atoms with Crippen molar-refractivity contribution in [3.63, 3.8) is 0 Å². The maximum Gasteiger partial charge on any atom is 0.236 e. The molecule has 5 nitrogen and oxygen atoms in total. The van der Waals surface area contributed by atoms with Gasteiger partial charge in [0.15, 0.2) is 0 Å². The van der Waals surface area contributed by atoms with Crippen LogP contribution in [0, 0.1) is 5.92 Å². The van der Waals surface area contributed by atoms with Gasteiger partial charge in [0, 0.05) is 13.1 Å². The van der Waals surface area contributed by atoms with Crippen molar-refractivity contribution in [1.29, 1.82) is 0 Å². The molecule has 2 aromatic heterocycles. The predicted octanol–water partition coefficient (Wildman–Crippen LogP) is 3.13. The van der Waals surface area contributed by atoms with E-state index in [-0.39, 0.29) is 5.91 Å². The highest BCUT2D eigenvalue weighted by Gasteiger charge is 2.23. The number of carbonyl (C=O) groups excluding carboxylic acids is 1. The normalized spacial score (nSPS) is 18.5. The first kappa shape index (κ1) is 15.9. The van der Waals surface area contributed by atoms with Crippen molar-refractivity contribution in [2.75, 3.05) is 19.6 Å². The maximum atomic E-state index is 12.6. The molecule has 1 fully saturated rings. The number of furan rings is 2. The number of carbonyl (C=O) groups is 1. The van der Waals surface area contributed by atoms with Gasteiger partial charge in [-0.2, -0.15) is 0 Å². The van der Waals surface area contributed by atoms with Gasteiger partial charge >= 0.3 is 0 Å². The fraction of sp³-hybridized carbons (Fsp3) is 0.500. The lowest BCUT2D eigenvalue weighted by atomic mass is 10.0.